The Morgan fingerprint density at radius 1 is 1.21 bits per heavy atom. The minimum absolute atomic E-state index is 0.0796. The molecule has 0 saturated carbocycles. The summed E-state index contributed by atoms with van der Waals surface area (Å²) >= 11 is 0. The molecule has 0 bridgehead atoms. The Kier molecular flexibility index (Phi) is 5.22. The summed E-state index contributed by atoms with van der Waals surface area (Å²) in [6.07, 6.45) is 8.37. The number of piperidine rings is 2. The van der Waals surface area contributed by atoms with Gasteiger partial charge >= 0.3 is 0 Å². The van der Waals surface area contributed by atoms with E-state index in [-0.39, 0.29) is 22.8 Å². The van der Waals surface area contributed by atoms with Gasteiger partial charge in [0.05, 0.1) is 0 Å². The largest absolute Gasteiger partial charge is 0.338 e. The van der Waals surface area contributed by atoms with Crippen LogP contribution >= 0.6 is 0 Å². The predicted octanol–water partition coefficient (Wildman–Crippen LogP) is 1.83. The van der Waals surface area contributed by atoms with Crippen LogP contribution in [0.2, 0.25) is 0 Å². The molecule has 1 spiro atoms. The van der Waals surface area contributed by atoms with Crippen LogP contribution in [0.3, 0.4) is 0 Å². The van der Waals surface area contributed by atoms with E-state index >= 15 is 0 Å². The molecule has 2 aromatic heterocycles. The fourth-order valence-electron chi connectivity index (χ4n) is 4.54. The van der Waals surface area contributed by atoms with Gasteiger partial charge in [-0.05, 0) is 37.0 Å². The molecule has 152 valence electrons. The van der Waals surface area contributed by atoms with Crippen molar-refractivity contribution in [3.05, 3.63) is 64.3 Å². The molecule has 4 rings (SSSR count). The number of carbonyl (C=O) groups is 2. The monoisotopic (exact) mass is 394 g/mol. The lowest BCUT2D eigenvalue weighted by molar-refractivity contribution is -0.139. The van der Waals surface area contributed by atoms with Crippen LogP contribution in [0.5, 0.6) is 0 Å². The van der Waals surface area contributed by atoms with Crippen molar-refractivity contribution in [3.63, 3.8) is 0 Å². The van der Waals surface area contributed by atoms with E-state index in [1.54, 1.807) is 31.7 Å². The van der Waals surface area contributed by atoms with E-state index in [9.17, 15) is 14.4 Å². The molecule has 2 fully saturated rings. The molecule has 7 nitrogen and oxygen atoms in total. The molecule has 0 N–H and O–H groups in total. The maximum absolute atomic E-state index is 13.0. The van der Waals surface area contributed by atoms with Crippen LogP contribution in [0.1, 0.15) is 41.6 Å². The van der Waals surface area contributed by atoms with Crippen LogP contribution in [0.25, 0.3) is 0 Å². The van der Waals surface area contributed by atoms with Crippen molar-refractivity contribution in [3.8, 4) is 0 Å². The highest BCUT2D eigenvalue weighted by molar-refractivity contribution is 5.94. The van der Waals surface area contributed by atoms with Gasteiger partial charge in [0.25, 0.3) is 11.5 Å². The van der Waals surface area contributed by atoms with Crippen molar-refractivity contribution in [1.29, 1.82) is 0 Å². The van der Waals surface area contributed by atoms with Crippen molar-refractivity contribution in [2.45, 2.75) is 32.2 Å². The van der Waals surface area contributed by atoms with E-state index < -0.39 is 0 Å². The molecule has 0 radical (unpaired) electrons. The highest BCUT2D eigenvalue weighted by atomic mass is 16.2. The molecule has 2 aliphatic rings. The van der Waals surface area contributed by atoms with E-state index in [0.717, 1.165) is 24.8 Å². The van der Waals surface area contributed by atoms with Crippen molar-refractivity contribution in [1.82, 2.24) is 19.4 Å². The number of rotatable bonds is 3. The molecule has 4 heterocycles. The number of aryl methyl sites for hydroxylation is 1. The zero-order valence-corrected chi connectivity index (χ0v) is 16.7. The molecule has 1 unspecified atom stereocenters. The fourth-order valence-corrected chi connectivity index (χ4v) is 4.54. The van der Waals surface area contributed by atoms with Gasteiger partial charge in [0, 0.05) is 75.3 Å². The molecule has 2 aromatic rings. The van der Waals surface area contributed by atoms with Gasteiger partial charge in [0.1, 0.15) is 0 Å². The average Bonchev–Trinajstić information content (AvgIpc) is 2.73. The van der Waals surface area contributed by atoms with Crippen LogP contribution in [-0.4, -0.2) is 50.8 Å². The number of nitrogens with zero attached hydrogens (tertiary/aromatic N) is 4. The Hall–Kier alpha value is -2.96. The topological polar surface area (TPSA) is 75.5 Å². The Balaban J connectivity index is 1.50. The van der Waals surface area contributed by atoms with Crippen molar-refractivity contribution < 1.29 is 9.59 Å². The molecule has 0 aliphatic carbocycles. The Morgan fingerprint density at radius 3 is 2.83 bits per heavy atom. The molecular weight excluding hydrogens is 368 g/mol. The zero-order valence-electron chi connectivity index (χ0n) is 16.7. The highest BCUT2D eigenvalue weighted by Gasteiger charge is 2.42. The van der Waals surface area contributed by atoms with Crippen molar-refractivity contribution in [2.75, 3.05) is 19.6 Å². The molecule has 7 heteroatoms. The zero-order chi connectivity index (χ0) is 20.4. The Morgan fingerprint density at radius 2 is 2.07 bits per heavy atom. The summed E-state index contributed by atoms with van der Waals surface area (Å²) in [6.45, 7) is 2.52. The number of amides is 2. The first-order valence-corrected chi connectivity index (χ1v) is 10.1. The maximum atomic E-state index is 13.0. The lowest BCUT2D eigenvalue weighted by atomic mass is 9.73. The van der Waals surface area contributed by atoms with Crippen LogP contribution < -0.4 is 5.56 Å². The van der Waals surface area contributed by atoms with E-state index in [4.69, 9.17) is 0 Å². The summed E-state index contributed by atoms with van der Waals surface area (Å²) in [6, 6.07) is 6.96. The van der Waals surface area contributed by atoms with Gasteiger partial charge in [0.15, 0.2) is 0 Å². The van der Waals surface area contributed by atoms with Crippen LogP contribution in [0.4, 0.5) is 0 Å². The summed E-state index contributed by atoms with van der Waals surface area (Å²) < 4.78 is 1.46. The molecule has 2 aliphatic heterocycles. The number of hydrogen-bond donors (Lipinski definition) is 0. The number of likely N-dealkylation sites (tertiary alicyclic amines) is 2. The normalized spacial score (nSPS) is 22.2. The number of carbonyl (C=O) groups excluding carboxylic acids is 2. The van der Waals surface area contributed by atoms with Crippen LogP contribution in [0.15, 0.2) is 47.7 Å². The van der Waals surface area contributed by atoms with Crippen molar-refractivity contribution >= 4 is 11.8 Å². The van der Waals surface area contributed by atoms with Crippen LogP contribution in [-0.2, 0) is 18.4 Å². The lowest BCUT2D eigenvalue weighted by Gasteiger charge is -2.48. The molecular formula is C22H26N4O3. The summed E-state index contributed by atoms with van der Waals surface area (Å²) in [5, 5.41) is 0. The predicted molar refractivity (Wildman–Crippen MR) is 108 cm³/mol. The van der Waals surface area contributed by atoms with Gasteiger partial charge in [-0.1, -0.05) is 6.07 Å². The van der Waals surface area contributed by atoms with E-state index in [2.05, 4.69) is 4.98 Å². The fraction of sp³-hybridized carbons (Fsp3) is 0.455. The summed E-state index contributed by atoms with van der Waals surface area (Å²) in [5.41, 5.74) is 1.18. The smallest absolute Gasteiger partial charge is 0.254 e. The third-order valence-corrected chi connectivity index (χ3v) is 6.14. The average molecular weight is 394 g/mol. The SMILES string of the molecule is Cn1ccc(C(=O)N2CCCC3(CCC(=O)N(Cc4cccnc4)C3)C2)cc1=O. The summed E-state index contributed by atoms with van der Waals surface area (Å²) in [7, 11) is 1.67. The molecule has 1 atom stereocenters. The summed E-state index contributed by atoms with van der Waals surface area (Å²) in [5.74, 6) is 0.0620. The third-order valence-electron chi connectivity index (χ3n) is 6.14. The minimum atomic E-state index is -0.187. The van der Waals surface area contributed by atoms with E-state index in [0.29, 0.717) is 38.2 Å². The van der Waals surface area contributed by atoms with Crippen molar-refractivity contribution in [2.24, 2.45) is 12.5 Å². The maximum Gasteiger partial charge on any atom is 0.254 e. The van der Waals surface area contributed by atoms with Gasteiger partial charge < -0.3 is 14.4 Å². The van der Waals surface area contributed by atoms with Gasteiger partial charge in [-0.15, -0.1) is 0 Å². The first-order chi connectivity index (χ1) is 14.0. The van der Waals surface area contributed by atoms with Crippen LogP contribution in [0, 0.1) is 5.41 Å². The number of pyridine rings is 2. The summed E-state index contributed by atoms with van der Waals surface area (Å²) in [4.78, 5) is 45.4. The van der Waals surface area contributed by atoms with Gasteiger partial charge in [-0.2, -0.15) is 0 Å². The Bertz CT molecular complexity index is 972. The lowest BCUT2D eigenvalue weighted by Crippen LogP contribution is -2.54. The molecule has 2 amide bonds. The standard InChI is InChI=1S/C22H26N4O3/c1-24-11-6-18(12-20(24)28)21(29)25-10-3-7-22(15-25)8-5-19(27)26(16-22)14-17-4-2-9-23-13-17/h2,4,6,9,11-13H,3,5,7-8,10,14-16H2,1H3. The first kappa shape index (κ1) is 19.4. The van der Waals surface area contributed by atoms with E-state index in [1.165, 1.54) is 10.6 Å². The first-order valence-electron chi connectivity index (χ1n) is 10.1. The second-order valence-electron chi connectivity index (χ2n) is 8.31. The second kappa shape index (κ2) is 7.81. The van der Waals surface area contributed by atoms with Gasteiger partial charge in [-0.3, -0.25) is 19.4 Å². The number of aromatic nitrogens is 2. The number of hydrogen-bond acceptors (Lipinski definition) is 4. The van der Waals surface area contributed by atoms with Gasteiger partial charge in [-0.25, -0.2) is 0 Å². The third kappa shape index (κ3) is 4.09. The van der Waals surface area contributed by atoms with E-state index in [1.807, 2.05) is 21.9 Å². The highest BCUT2D eigenvalue weighted by Crippen LogP contribution is 2.39. The quantitative estimate of drug-likeness (QED) is 0.796. The molecule has 29 heavy (non-hydrogen) atoms. The van der Waals surface area contributed by atoms with Gasteiger partial charge in [0.2, 0.25) is 5.91 Å². The second-order valence-corrected chi connectivity index (χ2v) is 8.31. The molecule has 2 saturated heterocycles. The minimum Gasteiger partial charge on any atom is -0.338 e. The Labute approximate surface area is 170 Å². The molecule has 0 aromatic carbocycles.